The molecule has 1 amide bonds. The summed E-state index contributed by atoms with van der Waals surface area (Å²) in [5.74, 6) is 1.16. The molecule has 0 aliphatic carbocycles. The summed E-state index contributed by atoms with van der Waals surface area (Å²) in [4.78, 5) is 24.8. The lowest BCUT2D eigenvalue weighted by molar-refractivity contribution is 0.0984. The first kappa shape index (κ1) is 21.8. The van der Waals surface area contributed by atoms with Crippen molar-refractivity contribution in [2.45, 2.75) is 20.4 Å². The molecule has 0 fully saturated rings. The first-order valence-corrected chi connectivity index (χ1v) is 11.8. The Labute approximate surface area is 202 Å². The van der Waals surface area contributed by atoms with Crippen molar-refractivity contribution in [2.75, 3.05) is 4.90 Å². The lowest BCUT2D eigenvalue weighted by Crippen LogP contribution is -2.30. The Morgan fingerprint density at radius 2 is 1.71 bits per heavy atom. The van der Waals surface area contributed by atoms with E-state index in [-0.39, 0.29) is 5.91 Å². The minimum absolute atomic E-state index is 0.155. The van der Waals surface area contributed by atoms with E-state index < -0.39 is 0 Å². The topological polar surface area (TPSA) is 55.3 Å². The number of benzene rings is 3. The molecule has 0 aliphatic rings. The van der Waals surface area contributed by atoms with Crippen molar-refractivity contribution < 1.29 is 9.53 Å². The second-order valence-electron chi connectivity index (χ2n) is 8.08. The number of aryl methyl sites for hydroxylation is 2. The number of ether oxygens (including phenoxy) is 1. The zero-order chi connectivity index (χ0) is 23.5. The van der Waals surface area contributed by atoms with Gasteiger partial charge in [-0.1, -0.05) is 47.7 Å². The molecule has 0 N–H and O–H groups in total. The van der Waals surface area contributed by atoms with Crippen molar-refractivity contribution in [1.29, 1.82) is 0 Å². The number of anilines is 1. The van der Waals surface area contributed by atoms with Gasteiger partial charge in [-0.05, 0) is 73.5 Å². The maximum atomic E-state index is 13.8. The number of fused-ring (bicyclic) bond motifs is 1. The molecule has 5 rings (SSSR count). The van der Waals surface area contributed by atoms with Gasteiger partial charge in [0, 0.05) is 11.8 Å². The van der Waals surface area contributed by atoms with Crippen LogP contribution in [-0.4, -0.2) is 15.9 Å². The van der Waals surface area contributed by atoms with Crippen molar-refractivity contribution in [2.24, 2.45) is 0 Å². The van der Waals surface area contributed by atoms with Gasteiger partial charge in [-0.3, -0.25) is 14.7 Å². The van der Waals surface area contributed by atoms with E-state index in [2.05, 4.69) is 31.0 Å². The van der Waals surface area contributed by atoms with Crippen LogP contribution in [0.5, 0.6) is 11.5 Å². The van der Waals surface area contributed by atoms with Gasteiger partial charge in [0.05, 0.1) is 22.5 Å². The summed E-state index contributed by atoms with van der Waals surface area (Å²) in [6.07, 6.45) is 1.73. The van der Waals surface area contributed by atoms with Crippen molar-refractivity contribution >= 4 is 32.6 Å². The number of hydrogen-bond acceptors (Lipinski definition) is 5. The Kier molecular flexibility index (Phi) is 6.06. The van der Waals surface area contributed by atoms with E-state index in [1.807, 2.05) is 60.7 Å². The van der Waals surface area contributed by atoms with E-state index in [1.54, 1.807) is 23.2 Å². The third-order valence-electron chi connectivity index (χ3n) is 5.39. The Hall–Kier alpha value is -4.03. The lowest BCUT2D eigenvalue weighted by Gasteiger charge is -2.20. The van der Waals surface area contributed by atoms with Crippen LogP contribution in [0.25, 0.3) is 10.2 Å². The first-order valence-electron chi connectivity index (χ1n) is 11.0. The highest BCUT2D eigenvalue weighted by Gasteiger charge is 2.23. The van der Waals surface area contributed by atoms with Crippen LogP contribution in [0.3, 0.4) is 0 Å². The molecule has 6 heteroatoms. The van der Waals surface area contributed by atoms with Gasteiger partial charge in [0.1, 0.15) is 11.5 Å². The van der Waals surface area contributed by atoms with Crippen molar-refractivity contribution in [1.82, 2.24) is 9.97 Å². The molecule has 5 aromatic rings. The number of carbonyl (C=O) groups excluding carboxylic acids is 1. The van der Waals surface area contributed by atoms with E-state index in [9.17, 15) is 4.79 Å². The summed E-state index contributed by atoms with van der Waals surface area (Å²) in [5, 5.41) is 0.647. The number of aromatic nitrogens is 2. The van der Waals surface area contributed by atoms with Gasteiger partial charge in [0.25, 0.3) is 5.91 Å². The SMILES string of the molecule is Cc1cc(C)c2sc(N(Cc3ccccn3)C(=O)c3cccc(Oc4ccccc4)c3)nc2c1. The number of para-hydroxylation sites is 1. The van der Waals surface area contributed by atoms with Gasteiger partial charge in [-0.2, -0.15) is 0 Å². The molecular formula is C28H23N3O2S. The summed E-state index contributed by atoms with van der Waals surface area (Å²) in [6.45, 7) is 4.45. The van der Waals surface area contributed by atoms with Crippen LogP contribution in [0.4, 0.5) is 5.13 Å². The highest BCUT2D eigenvalue weighted by molar-refractivity contribution is 7.22. The van der Waals surface area contributed by atoms with Crippen LogP contribution in [-0.2, 0) is 6.54 Å². The number of nitrogens with zero attached hydrogens (tertiary/aromatic N) is 3. The quantitative estimate of drug-likeness (QED) is 0.272. The number of thiazole rings is 1. The lowest BCUT2D eigenvalue weighted by atomic mass is 10.1. The van der Waals surface area contributed by atoms with E-state index >= 15 is 0 Å². The van der Waals surface area contributed by atoms with Gasteiger partial charge in [0.2, 0.25) is 0 Å². The van der Waals surface area contributed by atoms with Gasteiger partial charge in [0.15, 0.2) is 5.13 Å². The highest BCUT2D eigenvalue weighted by atomic mass is 32.1. The van der Waals surface area contributed by atoms with Crippen LogP contribution >= 0.6 is 11.3 Å². The second-order valence-corrected chi connectivity index (χ2v) is 9.06. The Morgan fingerprint density at radius 3 is 2.50 bits per heavy atom. The fourth-order valence-electron chi connectivity index (χ4n) is 3.83. The normalized spacial score (nSPS) is 10.9. The molecule has 5 nitrogen and oxygen atoms in total. The van der Waals surface area contributed by atoms with Gasteiger partial charge in [-0.15, -0.1) is 0 Å². The maximum absolute atomic E-state index is 13.8. The summed E-state index contributed by atoms with van der Waals surface area (Å²) in [7, 11) is 0. The molecule has 3 aromatic carbocycles. The van der Waals surface area contributed by atoms with E-state index in [1.165, 1.54) is 11.3 Å². The van der Waals surface area contributed by atoms with E-state index in [0.29, 0.717) is 23.0 Å². The standard InChI is InChI=1S/C28H23N3O2S/c1-19-15-20(2)26-25(16-19)30-28(34-26)31(18-22-10-6-7-14-29-22)27(32)21-9-8-13-24(17-21)33-23-11-4-3-5-12-23/h3-17H,18H2,1-2H3. The van der Waals surface area contributed by atoms with Crippen LogP contribution in [0.15, 0.2) is 91.1 Å². The first-order chi connectivity index (χ1) is 16.6. The Balaban J connectivity index is 1.52. The number of rotatable bonds is 6. The van der Waals surface area contributed by atoms with Crippen molar-refractivity contribution in [3.63, 3.8) is 0 Å². The number of pyridine rings is 1. The van der Waals surface area contributed by atoms with Crippen LogP contribution in [0.2, 0.25) is 0 Å². The third-order valence-corrected chi connectivity index (χ3v) is 6.62. The molecule has 0 bridgehead atoms. The van der Waals surface area contributed by atoms with Crippen molar-refractivity contribution in [3.05, 3.63) is 114 Å². The zero-order valence-electron chi connectivity index (χ0n) is 18.9. The maximum Gasteiger partial charge on any atom is 0.260 e. The molecule has 0 unspecified atom stereocenters. The second kappa shape index (κ2) is 9.45. The molecule has 0 saturated heterocycles. The molecule has 0 aliphatic heterocycles. The predicted molar refractivity (Wildman–Crippen MR) is 137 cm³/mol. The monoisotopic (exact) mass is 465 g/mol. The summed E-state index contributed by atoms with van der Waals surface area (Å²) >= 11 is 1.52. The molecule has 34 heavy (non-hydrogen) atoms. The highest BCUT2D eigenvalue weighted by Crippen LogP contribution is 2.34. The fraction of sp³-hybridized carbons (Fsp3) is 0.107. The smallest absolute Gasteiger partial charge is 0.260 e. The summed E-state index contributed by atoms with van der Waals surface area (Å²) in [5.41, 5.74) is 4.52. The average Bonchev–Trinajstić information content (AvgIpc) is 3.28. The zero-order valence-corrected chi connectivity index (χ0v) is 19.8. The number of carbonyl (C=O) groups is 1. The van der Waals surface area contributed by atoms with Gasteiger partial charge >= 0.3 is 0 Å². The molecule has 2 aromatic heterocycles. The minimum atomic E-state index is -0.155. The molecule has 0 saturated carbocycles. The minimum Gasteiger partial charge on any atom is -0.457 e. The fourth-order valence-corrected chi connectivity index (χ4v) is 4.85. The molecule has 2 heterocycles. The number of hydrogen-bond donors (Lipinski definition) is 0. The van der Waals surface area contributed by atoms with Crippen LogP contribution < -0.4 is 9.64 Å². The van der Waals surface area contributed by atoms with E-state index in [0.717, 1.165) is 32.8 Å². The summed E-state index contributed by atoms with van der Waals surface area (Å²) in [6, 6.07) is 26.7. The summed E-state index contributed by atoms with van der Waals surface area (Å²) < 4.78 is 7.04. The number of amides is 1. The predicted octanol–water partition coefficient (Wildman–Crippen LogP) is 6.95. The molecule has 0 radical (unpaired) electrons. The van der Waals surface area contributed by atoms with Crippen LogP contribution in [0, 0.1) is 13.8 Å². The molecule has 0 atom stereocenters. The van der Waals surface area contributed by atoms with E-state index in [4.69, 9.17) is 9.72 Å². The van der Waals surface area contributed by atoms with Gasteiger partial charge < -0.3 is 4.74 Å². The largest absolute Gasteiger partial charge is 0.457 e. The molecule has 0 spiro atoms. The van der Waals surface area contributed by atoms with Gasteiger partial charge in [-0.25, -0.2) is 4.98 Å². The Bertz CT molecular complexity index is 1450. The van der Waals surface area contributed by atoms with Crippen LogP contribution in [0.1, 0.15) is 27.2 Å². The molecule has 168 valence electrons. The Morgan fingerprint density at radius 1 is 0.912 bits per heavy atom. The molecular weight excluding hydrogens is 442 g/mol. The third kappa shape index (κ3) is 4.67. The average molecular weight is 466 g/mol. The van der Waals surface area contributed by atoms with Crippen molar-refractivity contribution in [3.8, 4) is 11.5 Å².